The molecule has 1 aliphatic rings. The van der Waals surface area contributed by atoms with Gasteiger partial charge in [-0.25, -0.2) is 8.42 Å². The fraction of sp³-hybridized carbons (Fsp3) is 0.174. The van der Waals surface area contributed by atoms with Gasteiger partial charge in [0.1, 0.15) is 5.75 Å². The third-order valence-electron chi connectivity index (χ3n) is 4.75. The highest BCUT2D eigenvalue weighted by Gasteiger charge is 2.18. The van der Waals surface area contributed by atoms with Crippen molar-refractivity contribution in [1.82, 2.24) is 0 Å². The van der Waals surface area contributed by atoms with E-state index in [9.17, 15) is 13.2 Å². The van der Waals surface area contributed by atoms with Crippen molar-refractivity contribution in [3.8, 4) is 17.2 Å². The van der Waals surface area contributed by atoms with Crippen molar-refractivity contribution < 1.29 is 27.4 Å². The molecule has 0 aliphatic carbocycles. The van der Waals surface area contributed by atoms with Gasteiger partial charge in [-0.15, -0.1) is 0 Å². The third kappa shape index (κ3) is 4.94. The Morgan fingerprint density at radius 2 is 1.62 bits per heavy atom. The number of anilines is 2. The molecule has 0 fully saturated rings. The topological polar surface area (TPSA) is 103 Å². The van der Waals surface area contributed by atoms with E-state index >= 15 is 0 Å². The first-order valence-corrected chi connectivity index (χ1v) is 11.4. The highest BCUT2D eigenvalue weighted by Crippen LogP contribution is 2.32. The second kappa shape index (κ2) is 9.19. The predicted octanol–water partition coefficient (Wildman–Crippen LogP) is 3.91. The zero-order chi connectivity index (χ0) is 22.6. The number of fused-ring (bicyclic) bond motifs is 1. The van der Waals surface area contributed by atoms with Crippen LogP contribution in [0.2, 0.25) is 0 Å². The van der Waals surface area contributed by atoms with Crippen molar-refractivity contribution >= 4 is 27.3 Å². The van der Waals surface area contributed by atoms with Gasteiger partial charge in [0.25, 0.3) is 15.9 Å². The maximum Gasteiger partial charge on any atom is 0.261 e. The average molecular weight is 455 g/mol. The number of carbonyl (C=O) groups excluding carboxylic acids is 1. The van der Waals surface area contributed by atoms with Gasteiger partial charge < -0.3 is 19.5 Å². The predicted molar refractivity (Wildman–Crippen MR) is 120 cm³/mol. The van der Waals surface area contributed by atoms with Crippen LogP contribution in [0.1, 0.15) is 16.8 Å². The SMILES string of the molecule is COc1ccc(NS(=O)(=O)c2cccc(C(=O)Nc3ccc4c(c3)OCCCO4)c2)cc1. The lowest BCUT2D eigenvalue weighted by atomic mass is 10.2. The van der Waals surface area contributed by atoms with E-state index in [0.717, 1.165) is 6.42 Å². The smallest absolute Gasteiger partial charge is 0.261 e. The summed E-state index contributed by atoms with van der Waals surface area (Å²) in [7, 11) is -2.36. The van der Waals surface area contributed by atoms with Gasteiger partial charge in [-0.3, -0.25) is 9.52 Å². The van der Waals surface area contributed by atoms with E-state index in [4.69, 9.17) is 14.2 Å². The Hall–Kier alpha value is -3.72. The minimum absolute atomic E-state index is 0.0281. The number of methoxy groups -OCH3 is 1. The van der Waals surface area contributed by atoms with E-state index in [-0.39, 0.29) is 10.5 Å². The normalized spacial score (nSPS) is 13.0. The zero-order valence-electron chi connectivity index (χ0n) is 17.3. The van der Waals surface area contributed by atoms with E-state index in [0.29, 0.717) is 41.8 Å². The van der Waals surface area contributed by atoms with Crippen LogP contribution in [0.25, 0.3) is 0 Å². The van der Waals surface area contributed by atoms with E-state index < -0.39 is 15.9 Å². The summed E-state index contributed by atoms with van der Waals surface area (Å²) in [6.45, 7) is 1.11. The Morgan fingerprint density at radius 3 is 2.38 bits per heavy atom. The molecule has 32 heavy (non-hydrogen) atoms. The Morgan fingerprint density at radius 1 is 0.906 bits per heavy atom. The number of sulfonamides is 1. The van der Waals surface area contributed by atoms with Gasteiger partial charge in [0.15, 0.2) is 11.5 Å². The lowest BCUT2D eigenvalue weighted by Gasteiger charge is -2.12. The van der Waals surface area contributed by atoms with Gasteiger partial charge in [0, 0.05) is 29.4 Å². The number of hydrogen-bond acceptors (Lipinski definition) is 6. The van der Waals surface area contributed by atoms with Gasteiger partial charge in [-0.2, -0.15) is 0 Å². The van der Waals surface area contributed by atoms with Crippen LogP contribution in [-0.4, -0.2) is 34.6 Å². The second-order valence-corrected chi connectivity index (χ2v) is 8.71. The van der Waals surface area contributed by atoms with Gasteiger partial charge in [0.2, 0.25) is 0 Å². The van der Waals surface area contributed by atoms with E-state index in [1.807, 2.05) is 0 Å². The van der Waals surface area contributed by atoms with Crippen molar-refractivity contribution in [2.24, 2.45) is 0 Å². The molecule has 3 aromatic carbocycles. The molecule has 3 aromatic rings. The Labute approximate surface area is 186 Å². The summed E-state index contributed by atoms with van der Waals surface area (Å²) < 4.78 is 44.4. The molecule has 0 saturated heterocycles. The van der Waals surface area contributed by atoms with Crippen LogP contribution >= 0.6 is 0 Å². The first kappa shape index (κ1) is 21.5. The summed E-state index contributed by atoms with van der Waals surface area (Å²) in [6.07, 6.45) is 0.780. The summed E-state index contributed by atoms with van der Waals surface area (Å²) in [5.74, 6) is 1.35. The van der Waals surface area contributed by atoms with Crippen LogP contribution in [0, 0.1) is 0 Å². The number of carbonyl (C=O) groups is 1. The number of nitrogens with one attached hydrogen (secondary N) is 2. The average Bonchev–Trinajstić information content (AvgIpc) is 3.04. The summed E-state index contributed by atoms with van der Waals surface area (Å²) in [4.78, 5) is 12.7. The Bertz CT molecular complexity index is 1230. The highest BCUT2D eigenvalue weighted by atomic mass is 32.2. The molecule has 1 amide bonds. The molecular weight excluding hydrogens is 432 g/mol. The van der Waals surface area contributed by atoms with Crippen LogP contribution in [0.4, 0.5) is 11.4 Å². The monoisotopic (exact) mass is 454 g/mol. The third-order valence-corrected chi connectivity index (χ3v) is 6.13. The maximum atomic E-state index is 12.8. The lowest BCUT2D eigenvalue weighted by Crippen LogP contribution is -2.16. The van der Waals surface area contributed by atoms with Crippen LogP contribution in [0.5, 0.6) is 17.2 Å². The lowest BCUT2D eigenvalue weighted by molar-refractivity contribution is 0.102. The van der Waals surface area contributed by atoms with Gasteiger partial charge >= 0.3 is 0 Å². The van der Waals surface area contributed by atoms with Crippen molar-refractivity contribution in [3.05, 3.63) is 72.3 Å². The van der Waals surface area contributed by atoms with E-state index in [1.165, 1.54) is 25.3 Å². The van der Waals surface area contributed by atoms with E-state index in [1.54, 1.807) is 48.5 Å². The van der Waals surface area contributed by atoms with Crippen LogP contribution in [-0.2, 0) is 10.0 Å². The number of benzene rings is 3. The molecule has 0 aromatic heterocycles. The summed E-state index contributed by atoms with van der Waals surface area (Å²) >= 11 is 0. The summed E-state index contributed by atoms with van der Waals surface area (Å²) in [5, 5.41) is 2.77. The van der Waals surface area contributed by atoms with Gasteiger partial charge in [-0.05, 0) is 54.6 Å². The molecule has 1 heterocycles. The molecule has 0 bridgehead atoms. The second-order valence-electron chi connectivity index (χ2n) is 7.03. The molecule has 1 aliphatic heterocycles. The van der Waals surface area contributed by atoms with Gasteiger partial charge in [0.05, 0.1) is 25.2 Å². The quantitative estimate of drug-likeness (QED) is 0.585. The molecule has 4 rings (SSSR count). The molecule has 0 unspecified atom stereocenters. The van der Waals surface area contributed by atoms with Crippen LogP contribution < -0.4 is 24.2 Å². The van der Waals surface area contributed by atoms with Crippen molar-refractivity contribution in [1.29, 1.82) is 0 Å². The standard InChI is InChI=1S/C23H22N2O6S/c1-29-19-9-6-17(7-10-19)25-32(27,28)20-5-2-4-16(14-20)23(26)24-18-8-11-21-22(15-18)31-13-3-12-30-21/h2,4-11,14-15,25H,3,12-13H2,1H3,(H,24,26). The largest absolute Gasteiger partial charge is 0.497 e. The van der Waals surface area contributed by atoms with Crippen LogP contribution in [0.15, 0.2) is 71.6 Å². The first-order chi connectivity index (χ1) is 15.4. The number of amides is 1. The summed E-state index contributed by atoms with van der Waals surface area (Å²) in [5.41, 5.74) is 1.10. The summed E-state index contributed by atoms with van der Waals surface area (Å²) in [6, 6.07) is 17.4. The van der Waals surface area contributed by atoms with Crippen molar-refractivity contribution in [2.45, 2.75) is 11.3 Å². The fourth-order valence-electron chi connectivity index (χ4n) is 3.12. The molecule has 166 valence electrons. The highest BCUT2D eigenvalue weighted by molar-refractivity contribution is 7.92. The molecule has 9 heteroatoms. The van der Waals surface area contributed by atoms with E-state index in [2.05, 4.69) is 10.0 Å². The van der Waals surface area contributed by atoms with Crippen molar-refractivity contribution in [2.75, 3.05) is 30.4 Å². The maximum absolute atomic E-state index is 12.8. The molecule has 0 atom stereocenters. The zero-order valence-corrected chi connectivity index (χ0v) is 18.1. The fourth-order valence-corrected chi connectivity index (χ4v) is 4.23. The van der Waals surface area contributed by atoms with Crippen LogP contribution in [0.3, 0.4) is 0 Å². The Kier molecular flexibility index (Phi) is 6.18. The molecule has 8 nitrogen and oxygen atoms in total. The minimum atomic E-state index is -3.89. The van der Waals surface area contributed by atoms with Gasteiger partial charge in [-0.1, -0.05) is 6.07 Å². The molecule has 0 radical (unpaired) electrons. The molecule has 2 N–H and O–H groups in total. The Balaban J connectivity index is 1.50. The number of rotatable bonds is 6. The first-order valence-electron chi connectivity index (χ1n) is 9.92. The molecular formula is C23H22N2O6S. The molecule has 0 spiro atoms. The number of hydrogen-bond donors (Lipinski definition) is 2. The number of ether oxygens (including phenoxy) is 3. The minimum Gasteiger partial charge on any atom is -0.497 e. The molecule has 0 saturated carbocycles. The van der Waals surface area contributed by atoms with Crippen molar-refractivity contribution in [3.63, 3.8) is 0 Å².